The van der Waals surface area contributed by atoms with Crippen LogP contribution in [0, 0.1) is 0 Å². The molecule has 2 aromatic carbocycles. The topological polar surface area (TPSA) is 102 Å². The van der Waals surface area contributed by atoms with E-state index in [2.05, 4.69) is 5.32 Å². The van der Waals surface area contributed by atoms with Crippen molar-refractivity contribution in [3.63, 3.8) is 0 Å². The number of methoxy groups -OCH3 is 1. The Morgan fingerprint density at radius 2 is 2.04 bits per heavy atom. The van der Waals surface area contributed by atoms with Crippen LogP contribution in [0.5, 0.6) is 5.75 Å². The standard InChI is InChI=1S/C19H15NO6/c1-25-14-4-2-3-11(8-14)16(21)9-17(22)18(23)20-13-5-6-15-12(7-13)10-26-19(15)24/h2-9,21H,10H2,1H3,(H,20,23)/b16-9-. The molecule has 0 unspecified atom stereocenters. The van der Waals surface area contributed by atoms with Gasteiger partial charge in [-0.2, -0.15) is 0 Å². The molecule has 0 saturated carbocycles. The first kappa shape index (κ1) is 17.2. The second kappa shape index (κ2) is 7.10. The number of ether oxygens (including phenoxy) is 2. The van der Waals surface area contributed by atoms with Gasteiger partial charge in [0.05, 0.1) is 12.7 Å². The fourth-order valence-corrected chi connectivity index (χ4v) is 2.46. The zero-order chi connectivity index (χ0) is 18.7. The van der Waals surface area contributed by atoms with Gasteiger partial charge in [-0.3, -0.25) is 9.59 Å². The molecule has 2 aromatic rings. The third-order valence-electron chi connectivity index (χ3n) is 3.80. The zero-order valence-corrected chi connectivity index (χ0v) is 13.8. The average Bonchev–Trinajstić information content (AvgIpc) is 3.02. The first-order valence-electron chi connectivity index (χ1n) is 7.68. The van der Waals surface area contributed by atoms with Crippen LogP contribution in [0.15, 0.2) is 48.5 Å². The summed E-state index contributed by atoms with van der Waals surface area (Å²) in [6.45, 7) is 0.127. The van der Waals surface area contributed by atoms with Crippen molar-refractivity contribution in [3.8, 4) is 5.75 Å². The highest BCUT2D eigenvalue weighted by molar-refractivity contribution is 6.45. The van der Waals surface area contributed by atoms with Crippen LogP contribution in [0.3, 0.4) is 0 Å². The van der Waals surface area contributed by atoms with Crippen molar-refractivity contribution in [2.45, 2.75) is 6.61 Å². The van der Waals surface area contributed by atoms with Gasteiger partial charge in [0.15, 0.2) is 0 Å². The van der Waals surface area contributed by atoms with Gasteiger partial charge in [-0.1, -0.05) is 12.1 Å². The molecule has 0 bridgehead atoms. The second-order valence-electron chi connectivity index (χ2n) is 5.53. The number of hydrogen-bond acceptors (Lipinski definition) is 6. The van der Waals surface area contributed by atoms with E-state index in [1.807, 2.05) is 0 Å². The van der Waals surface area contributed by atoms with Crippen LogP contribution in [-0.4, -0.2) is 29.9 Å². The van der Waals surface area contributed by atoms with Crippen molar-refractivity contribution in [2.75, 3.05) is 12.4 Å². The Morgan fingerprint density at radius 3 is 2.81 bits per heavy atom. The molecular weight excluding hydrogens is 338 g/mol. The predicted octanol–water partition coefficient (Wildman–Crippen LogP) is 2.47. The van der Waals surface area contributed by atoms with Gasteiger partial charge in [0, 0.05) is 22.9 Å². The maximum absolute atomic E-state index is 12.0. The van der Waals surface area contributed by atoms with Gasteiger partial charge in [0.2, 0.25) is 5.78 Å². The summed E-state index contributed by atoms with van der Waals surface area (Å²) in [5.74, 6) is -2.09. The van der Waals surface area contributed by atoms with Crippen LogP contribution < -0.4 is 10.1 Å². The molecule has 0 atom stereocenters. The quantitative estimate of drug-likeness (QED) is 0.371. The summed E-state index contributed by atoms with van der Waals surface area (Å²) in [5.41, 5.74) is 1.77. The number of nitrogens with one attached hydrogen (secondary N) is 1. The molecule has 7 nitrogen and oxygen atoms in total. The van der Waals surface area contributed by atoms with Crippen molar-refractivity contribution >= 4 is 29.1 Å². The number of ketones is 1. The Morgan fingerprint density at radius 1 is 1.23 bits per heavy atom. The van der Waals surface area contributed by atoms with Crippen LogP contribution in [0.1, 0.15) is 21.5 Å². The summed E-state index contributed by atoms with van der Waals surface area (Å²) < 4.78 is 9.92. The normalized spacial score (nSPS) is 13.0. The number of benzene rings is 2. The number of carbonyl (C=O) groups is 3. The number of anilines is 1. The van der Waals surface area contributed by atoms with Gasteiger partial charge < -0.3 is 19.9 Å². The van der Waals surface area contributed by atoms with Crippen LogP contribution in [0.2, 0.25) is 0 Å². The summed E-state index contributed by atoms with van der Waals surface area (Å²) >= 11 is 0. The summed E-state index contributed by atoms with van der Waals surface area (Å²) in [5, 5.41) is 12.5. The minimum Gasteiger partial charge on any atom is -0.507 e. The summed E-state index contributed by atoms with van der Waals surface area (Å²) in [6, 6.07) is 11.0. The zero-order valence-electron chi connectivity index (χ0n) is 13.8. The molecule has 7 heteroatoms. The summed E-state index contributed by atoms with van der Waals surface area (Å²) in [7, 11) is 1.48. The van der Waals surface area contributed by atoms with E-state index in [9.17, 15) is 19.5 Å². The van der Waals surface area contributed by atoms with Gasteiger partial charge in [0.1, 0.15) is 18.1 Å². The molecule has 2 N–H and O–H groups in total. The van der Waals surface area contributed by atoms with Gasteiger partial charge in [-0.25, -0.2) is 4.79 Å². The monoisotopic (exact) mass is 353 g/mol. The number of aliphatic hydroxyl groups is 1. The molecule has 1 aliphatic heterocycles. The predicted molar refractivity (Wildman–Crippen MR) is 92.8 cm³/mol. The van der Waals surface area contributed by atoms with Crippen LogP contribution >= 0.6 is 0 Å². The first-order chi connectivity index (χ1) is 12.5. The molecule has 0 aromatic heterocycles. The van der Waals surface area contributed by atoms with Crippen LogP contribution in [-0.2, 0) is 20.9 Å². The van der Waals surface area contributed by atoms with E-state index in [1.54, 1.807) is 24.3 Å². The van der Waals surface area contributed by atoms with Crippen molar-refractivity contribution in [1.29, 1.82) is 0 Å². The molecular formula is C19H15NO6. The molecule has 0 spiro atoms. The Hall–Kier alpha value is -3.61. The fraction of sp³-hybridized carbons (Fsp3) is 0.105. The molecule has 132 valence electrons. The number of carbonyl (C=O) groups excluding carboxylic acids is 3. The fourth-order valence-electron chi connectivity index (χ4n) is 2.46. The van der Waals surface area contributed by atoms with Crippen LogP contribution in [0.4, 0.5) is 5.69 Å². The Balaban J connectivity index is 1.71. The molecule has 1 aliphatic rings. The van der Waals surface area contributed by atoms with E-state index >= 15 is 0 Å². The molecule has 3 rings (SSSR count). The molecule has 0 radical (unpaired) electrons. The van der Waals surface area contributed by atoms with E-state index < -0.39 is 17.7 Å². The lowest BCUT2D eigenvalue weighted by Crippen LogP contribution is -2.21. The SMILES string of the molecule is COc1cccc(/C(O)=C/C(=O)C(=O)Nc2ccc3c(c2)COC3=O)c1. The minimum absolute atomic E-state index is 0.127. The minimum atomic E-state index is -0.918. The Labute approximate surface area is 148 Å². The number of hydrogen-bond donors (Lipinski definition) is 2. The number of rotatable bonds is 5. The van der Waals surface area contributed by atoms with Crippen LogP contribution in [0.25, 0.3) is 5.76 Å². The molecule has 0 aliphatic carbocycles. The molecule has 1 heterocycles. The highest BCUT2D eigenvalue weighted by atomic mass is 16.5. The van der Waals surface area contributed by atoms with Gasteiger partial charge >= 0.3 is 5.97 Å². The van der Waals surface area contributed by atoms with E-state index in [4.69, 9.17) is 9.47 Å². The highest BCUT2D eigenvalue weighted by Crippen LogP contribution is 2.23. The lowest BCUT2D eigenvalue weighted by molar-refractivity contribution is -0.131. The van der Waals surface area contributed by atoms with Gasteiger partial charge in [0.25, 0.3) is 5.91 Å². The number of fused-ring (bicyclic) bond motifs is 1. The first-order valence-corrected chi connectivity index (χ1v) is 7.68. The number of cyclic esters (lactones) is 1. The van der Waals surface area contributed by atoms with E-state index in [-0.39, 0.29) is 12.4 Å². The highest BCUT2D eigenvalue weighted by Gasteiger charge is 2.22. The second-order valence-corrected chi connectivity index (χ2v) is 5.53. The van der Waals surface area contributed by atoms with Gasteiger partial charge in [-0.15, -0.1) is 0 Å². The van der Waals surface area contributed by atoms with E-state index in [0.29, 0.717) is 28.1 Å². The maximum atomic E-state index is 12.0. The number of amides is 1. The van der Waals surface area contributed by atoms with Crippen molar-refractivity contribution in [3.05, 3.63) is 65.2 Å². The third kappa shape index (κ3) is 3.56. The summed E-state index contributed by atoms with van der Waals surface area (Å²) in [4.78, 5) is 35.4. The lowest BCUT2D eigenvalue weighted by Gasteiger charge is -2.05. The molecule has 0 fully saturated rings. The van der Waals surface area contributed by atoms with Crippen molar-refractivity contribution in [1.82, 2.24) is 0 Å². The van der Waals surface area contributed by atoms with Crippen molar-refractivity contribution in [2.24, 2.45) is 0 Å². The largest absolute Gasteiger partial charge is 0.507 e. The molecule has 0 saturated heterocycles. The van der Waals surface area contributed by atoms with Gasteiger partial charge in [-0.05, 0) is 30.3 Å². The van der Waals surface area contributed by atoms with E-state index in [0.717, 1.165) is 6.08 Å². The van der Waals surface area contributed by atoms with E-state index in [1.165, 1.54) is 25.3 Å². The Kier molecular flexibility index (Phi) is 4.70. The third-order valence-corrected chi connectivity index (χ3v) is 3.80. The average molecular weight is 353 g/mol. The summed E-state index contributed by atoms with van der Waals surface area (Å²) in [6.07, 6.45) is 0.837. The maximum Gasteiger partial charge on any atom is 0.338 e. The smallest absolute Gasteiger partial charge is 0.338 e. The Bertz CT molecular complexity index is 931. The number of aliphatic hydroxyl groups excluding tert-OH is 1. The lowest BCUT2D eigenvalue weighted by atomic mass is 10.1. The molecule has 26 heavy (non-hydrogen) atoms. The number of esters is 1. The van der Waals surface area contributed by atoms with Crippen molar-refractivity contribution < 1.29 is 29.0 Å². The molecule has 1 amide bonds.